The predicted molar refractivity (Wildman–Crippen MR) is 69.5 cm³/mol. The van der Waals surface area contributed by atoms with Crippen LogP contribution in [-0.4, -0.2) is 4.98 Å². The van der Waals surface area contributed by atoms with E-state index in [0.29, 0.717) is 5.56 Å². The van der Waals surface area contributed by atoms with Crippen LogP contribution in [-0.2, 0) is 6.18 Å². The van der Waals surface area contributed by atoms with Crippen molar-refractivity contribution in [3.63, 3.8) is 0 Å². The number of rotatable bonds is 3. The summed E-state index contributed by atoms with van der Waals surface area (Å²) in [7, 11) is 0. The summed E-state index contributed by atoms with van der Waals surface area (Å²) in [5, 5.41) is 0. The zero-order valence-electron chi connectivity index (χ0n) is 11.1. The van der Waals surface area contributed by atoms with Crippen molar-refractivity contribution < 1.29 is 17.6 Å². The van der Waals surface area contributed by atoms with Gasteiger partial charge in [0.2, 0.25) is 0 Å². The fourth-order valence-electron chi connectivity index (χ4n) is 2.14. The Morgan fingerprint density at radius 1 is 1.19 bits per heavy atom. The number of hydrogen-bond donors (Lipinski definition) is 2. The van der Waals surface area contributed by atoms with Gasteiger partial charge < -0.3 is 0 Å². The van der Waals surface area contributed by atoms with Crippen LogP contribution in [0.2, 0.25) is 0 Å². The first-order valence-corrected chi connectivity index (χ1v) is 6.08. The third-order valence-corrected chi connectivity index (χ3v) is 3.17. The molecule has 0 aliphatic heterocycles. The molecule has 112 valence electrons. The van der Waals surface area contributed by atoms with E-state index < -0.39 is 23.6 Å². The van der Waals surface area contributed by atoms with E-state index >= 15 is 0 Å². The van der Waals surface area contributed by atoms with E-state index in [4.69, 9.17) is 5.84 Å². The Morgan fingerprint density at radius 2 is 1.90 bits per heavy atom. The van der Waals surface area contributed by atoms with Crippen LogP contribution in [0.15, 0.2) is 36.7 Å². The number of nitrogens with two attached hydrogens (primary N) is 1. The lowest BCUT2D eigenvalue weighted by Gasteiger charge is -2.21. The first kappa shape index (κ1) is 15.4. The molecular formula is C14H13F4N3. The van der Waals surface area contributed by atoms with E-state index in [0.717, 1.165) is 18.5 Å². The van der Waals surface area contributed by atoms with Crippen molar-refractivity contribution >= 4 is 0 Å². The van der Waals surface area contributed by atoms with Crippen molar-refractivity contribution in [2.24, 2.45) is 5.84 Å². The lowest BCUT2D eigenvalue weighted by molar-refractivity contribution is -0.138. The molecule has 0 saturated heterocycles. The molecule has 21 heavy (non-hydrogen) atoms. The van der Waals surface area contributed by atoms with Crippen molar-refractivity contribution in [3.8, 4) is 0 Å². The fraction of sp³-hybridized carbons (Fsp3) is 0.214. The quantitative estimate of drug-likeness (QED) is 0.520. The van der Waals surface area contributed by atoms with Crippen LogP contribution in [0.5, 0.6) is 0 Å². The van der Waals surface area contributed by atoms with E-state index in [2.05, 4.69) is 10.4 Å². The summed E-state index contributed by atoms with van der Waals surface area (Å²) in [6, 6.07) is 4.17. The van der Waals surface area contributed by atoms with Gasteiger partial charge in [0, 0.05) is 23.5 Å². The van der Waals surface area contributed by atoms with Gasteiger partial charge in [-0.25, -0.2) is 9.82 Å². The molecule has 1 aromatic carbocycles. The molecule has 0 aliphatic rings. The van der Waals surface area contributed by atoms with Crippen LogP contribution >= 0.6 is 0 Å². The van der Waals surface area contributed by atoms with Gasteiger partial charge in [-0.3, -0.25) is 10.8 Å². The highest BCUT2D eigenvalue weighted by molar-refractivity contribution is 5.39. The summed E-state index contributed by atoms with van der Waals surface area (Å²) in [6.07, 6.45) is -2.50. The summed E-state index contributed by atoms with van der Waals surface area (Å²) in [5.74, 6) is 4.76. The lowest BCUT2D eigenvalue weighted by Crippen LogP contribution is -2.31. The lowest BCUT2D eigenvalue weighted by atomic mass is 9.95. The first-order chi connectivity index (χ1) is 9.86. The summed E-state index contributed by atoms with van der Waals surface area (Å²) in [5.41, 5.74) is 1.47. The molecule has 2 aromatic rings. The maximum absolute atomic E-state index is 14.2. The van der Waals surface area contributed by atoms with Gasteiger partial charge >= 0.3 is 6.18 Å². The molecule has 0 fully saturated rings. The molecule has 3 N–H and O–H groups in total. The third kappa shape index (κ3) is 3.03. The van der Waals surface area contributed by atoms with Crippen LogP contribution in [0, 0.1) is 12.7 Å². The maximum atomic E-state index is 14.2. The minimum atomic E-state index is -4.58. The smallest absolute Gasteiger partial charge is 0.271 e. The molecule has 0 radical (unpaired) electrons. The van der Waals surface area contributed by atoms with Crippen molar-refractivity contribution in [1.29, 1.82) is 0 Å². The maximum Gasteiger partial charge on any atom is 0.416 e. The monoisotopic (exact) mass is 299 g/mol. The number of aromatic nitrogens is 1. The summed E-state index contributed by atoms with van der Waals surface area (Å²) < 4.78 is 53.3. The standard InChI is InChI=1S/C14H13F4N3/c1-8-3-2-4-9(12(8)15)13(21-19)10-7-20-6-5-11(10)14(16,17)18/h2-7,13,21H,19H2,1H3. The van der Waals surface area contributed by atoms with Gasteiger partial charge in [-0.1, -0.05) is 18.2 Å². The first-order valence-electron chi connectivity index (χ1n) is 6.08. The molecule has 1 aromatic heterocycles. The number of nitrogens with zero attached hydrogens (tertiary/aromatic N) is 1. The number of halogens is 4. The highest BCUT2D eigenvalue weighted by atomic mass is 19.4. The molecule has 0 spiro atoms. The van der Waals surface area contributed by atoms with E-state index in [-0.39, 0.29) is 11.1 Å². The van der Waals surface area contributed by atoms with Crippen LogP contribution in [0.25, 0.3) is 0 Å². The number of pyridine rings is 1. The molecule has 0 bridgehead atoms. The molecule has 3 nitrogen and oxygen atoms in total. The minimum absolute atomic E-state index is 0.0380. The van der Waals surface area contributed by atoms with Crippen molar-refractivity contribution in [3.05, 3.63) is 64.7 Å². The Labute approximate surface area is 118 Å². The zero-order valence-corrected chi connectivity index (χ0v) is 11.1. The van der Waals surface area contributed by atoms with E-state index in [1.165, 1.54) is 19.1 Å². The highest BCUT2D eigenvalue weighted by Gasteiger charge is 2.36. The van der Waals surface area contributed by atoms with Gasteiger partial charge in [0.25, 0.3) is 0 Å². The predicted octanol–water partition coefficient (Wildman–Crippen LogP) is 3.10. The summed E-state index contributed by atoms with van der Waals surface area (Å²) >= 11 is 0. The minimum Gasteiger partial charge on any atom is -0.271 e. The Balaban J connectivity index is 2.60. The molecule has 2 rings (SSSR count). The number of nitrogens with one attached hydrogen (secondary N) is 1. The SMILES string of the molecule is Cc1cccc(C(NN)c2cnccc2C(F)(F)F)c1F. The molecule has 0 aliphatic carbocycles. The summed E-state index contributed by atoms with van der Waals surface area (Å²) in [4.78, 5) is 3.69. The molecule has 0 amide bonds. The second-order valence-corrected chi connectivity index (χ2v) is 4.54. The Bertz CT molecular complexity index is 640. The third-order valence-electron chi connectivity index (χ3n) is 3.17. The summed E-state index contributed by atoms with van der Waals surface area (Å²) in [6.45, 7) is 1.53. The molecule has 1 unspecified atom stereocenters. The van der Waals surface area contributed by atoms with Crippen molar-refractivity contribution in [2.45, 2.75) is 19.1 Å². The average Bonchev–Trinajstić information content (AvgIpc) is 2.44. The van der Waals surface area contributed by atoms with E-state index in [1.807, 2.05) is 0 Å². The average molecular weight is 299 g/mol. The van der Waals surface area contributed by atoms with Crippen molar-refractivity contribution in [1.82, 2.24) is 10.4 Å². The molecule has 7 heteroatoms. The van der Waals surface area contributed by atoms with Gasteiger partial charge in [0.05, 0.1) is 11.6 Å². The Kier molecular flexibility index (Phi) is 4.24. The number of hydrazine groups is 1. The van der Waals surface area contributed by atoms with Crippen LogP contribution in [0.1, 0.15) is 28.3 Å². The zero-order chi connectivity index (χ0) is 15.6. The van der Waals surface area contributed by atoms with Gasteiger partial charge in [-0.2, -0.15) is 13.2 Å². The Hall–Kier alpha value is -1.99. The molecular weight excluding hydrogens is 286 g/mol. The van der Waals surface area contributed by atoms with Crippen LogP contribution in [0.3, 0.4) is 0 Å². The topological polar surface area (TPSA) is 50.9 Å². The molecule has 1 heterocycles. The number of aryl methyl sites for hydroxylation is 1. The van der Waals surface area contributed by atoms with Gasteiger partial charge in [-0.15, -0.1) is 0 Å². The van der Waals surface area contributed by atoms with Crippen LogP contribution < -0.4 is 11.3 Å². The van der Waals surface area contributed by atoms with Gasteiger partial charge in [0.1, 0.15) is 5.82 Å². The molecule has 0 saturated carbocycles. The second kappa shape index (κ2) is 5.79. The Morgan fingerprint density at radius 3 is 2.52 bits per heavy atom. The number of benzene rings is 1. The highest BCUT2D eigenvalue weighted by Crippen LogP contribution is 2.36. The van der Waals surface area contributed by atoms with E-state index in [9.17, 15) is 17.6 Å². The molecule has 1 atom stereocenters. The number of alkyl halides is 3. The number of hydrogen-bond acceptors (Lipinski definition) is 3. The van der Waals surface area contributed by atoms with Gasteiger partial charge in [-0.05, 0) is 18.6 Å². The fourth-order valence-corrected chi connectivity index (χ4v) is 2.14. The van der Waals surface area contributed by atoms with Crippen LogP contribution in [0.4, 0.5) is 17.6 Å². The van der Waals surface area contributed by atoms with Gasteiger partial charge in [0.15, 0.2) is 0 Å². The second-order valence-electron chi connectivity index (χ2n) is 4.54. The largest absolute Gasteiger partial charge is 0.416 e. The van der Waals surface area contributed by atoms with Crippen molar-refractivity contribution in [2.75, 3.05) is 0 Å². The van der Waals surface area contributed by atoms with E-state index in [1.54, 1.807) is 6.07 Å². The normalized spacial score (nSPS) is 13.2.